The average molecular weight is 372 g/mol. The maximum atomic E-state index is 11.9. The number of hydrogen-bond donors (Lipinski definition) is 2. The van der Waals surface area contributed by atoms with Crippen molar-refractivity contribution in [3.63, 3.8) is 0 Å². The number of rotatable bonds is 4. The number of phenolic OH excluding ortho intramolecular Hbond substituents is 1. The van der Waals surface area contributed by atoms with E-state index in [1.807, 2.05) is 30.3 Å². The number of hydrogen-bond acceptors (Lipinski definition) is 6. The van der Waals surface area contributed by atoms with Crippen LogP contribution in [0.25, 0.3) is 6.08 Å². The largest absolute Gasteiger partial charge is 0.502 e. The van der Waals surface area contributed by atoms with E-state index in [1.54, 1.807) is 6.08 Å². The maximum absolute atomic E-state index is 11.9. The second-order valence-electron chi connectivity index (χ2n) is 5.31. The second kappa shape index (κ2) is 7.04. The molecule has 3 rings (SSSR count). The highest BCUT2D eigenvalue weighted by Gasteiger charge is 2.24. The summed E-state index contributed by atoms with van der Waals surface area (Å²) in [4.78, 5) is 22.7. The zero-order chi connectivity index (χ0) is 18.0. The Bertz CT molecular complexity index is 910. The Morgan fingerprint density at radius 2 is 2.00 bits per heavy atom. The molecule has 6 nitrogen and oxygen atoms in total. The highest BCUT2D eigenvalue weighted by Crippen LogP contribution is 2.34. The van der Waals surface area contributed by atoms with E-state index >= 15 is 0 Å². The molecule has 25 heavy (non-hydrogen) atoms. The van der Waals surface area contributed by atoms with E-state index in [4.69, 9.17) is 12.2 Å². The molecular formula is C17H12N2O4S2. The van der Waals surface area contributed by atoms with Gasteiger partial charge in [-0.3, -0.25) is 14.9 Å². The first-order valence-electron chi connectivity index (χ1n) is 7.23. The predicted molar refractivity (Wildman–Crippen MR) is 100 cm³/mol. The topological polar surface area (TPSA) is 92.5 Å². The van der Waals surface area contributed by atoms with Crippen molar-refractivity contribution >= 4 is 46.0 Å². The third-order valence-corrected chi connectivity index (χ3v) is 4.76. The minimum absolute atomic E-state index is 0.321. The number of aromatic hydroxyl groups is 1. The van der Waals surface area contributed by atoms with E-state index in [0.717, 1.165) is 17.3 Å². The number of thiocarbonyl (C=S) groups is 1. The standard InChI is InChI=1S/C17H12N2O4S2/c20-14-8-12(9-15-16(21)18-17(24)25-15)11(7-13(14)19(22)23)6-10-4-2-1-3-5-10/h1-5,7-9,20H,6H2,(H,18,21,24)/b15-9+. The summed E-state index contributed by atoms with van der Waals surface area (Å²) in [6, 6.07) is 12.1. The quantitative estimate of drug-likeness (QED) is 0.370. The smallest absolute Gasteiger partial charge is 0.311 e. The van der Waals surface area contributed by atoms with E-state index in [9.17, 15) is 20.0 Å². The summed E-state index contributed by atoms with van der Waals surface area (Å²) in [5, 5.41) is 23.6. The number of nitrogens with zero attached hydrogens (tertiary/aromatic N) is 1. The van der Waals surface area contributed by atoms with Gasteiger partial charge in [0.25, 0.3) is 5.91 Å². The molecule has 0 aliphatic carbocycles. The highest BCUT2D eigenvalue weighted by atomic mass is 32.2. The van der Waals surface area contributed by atoms with Gasteiger partial charge in [0.05, 0.1) is 9.83 Å². The maximum Gasteiger partial charge on any atom is 0.311 e. The number of phenols is 1. The Morgan fingerprint density at radius 1 is 1.28 bits per heavy atom. The minimum atomic E-state index is -0.632. The molecule has 0 spiro atoms. The van der Waals surface area contributed by atoms with Crippen molar-refractivity contribution in [3.8, 4) is 5.75 Å². The summed E-state index contributed by atoms with van der Waals surface area (Å²) in [5.74, 6) is -0.766. The van der Waals surface area contributed by atoms with Crippen molar-refractivity contribution in [1.29, 1.82) is 0 Å². The molecule has 0 radical (unpaired) electrons. The number of carbonyl (C=O) groups is 1. The van der Waals surface area contributed by atoms with Gasteiger partial charge in [-0.15, -0.1) is 0 Å². The van der Waals surface area contributed by atoms with Crippen LogP contribution in [0.3, 0.4) is 0 Å². The predicted octanol–water partition coefficient (Wildman–Crippen LogP) is 3.38. The third-order valence-electron chi connectivity index (χ3n) is 3.60. The van der Waals surface area contributed by atoms with Crippen LogP contribution in [0.2, 0.25) is 0 Å². The van der Waals surface area contributed by atoms with E-state index in [2.05, 4.69) is 5.32 Å². The van der Waals surface area contributed by atoms with Crippen molar-refractivity contribution in [3.05, 3.63) is 74.2 Å². The van der Waals surface area contributed by atoms with Crippen LogP contribution in [0.15, 0.2) is 47.4 Å². The van der Waals surface area contributed by atoms with Gasteiger partial charge in [0.1, 0.15) is 4.32 Å². The summed E-state index contributed by atoms with van der Waals surface area (Å²) in [7, 11) is 0. The molecule has 2 aromatic carbocycles. The molecule has 0 bridgehead atoms. The second-order valence-corrected chi connectivity index (χ2v) is 7.03. The summed E-state index contributed by atoms with van der Waals surface area (Å²) in [5.41, 5.74) is 1.76. The molecule has 1 fully saturated rings. The van der Waals surface area contributed by atoms with Crippen LogP contribution >= 0.6 is 24.0 Å². The van der Waals surface area contributed by atoms with Gasteiger partial charge >= 0.3 is 5.69 Å². The van der Waals surface area contributed by atoms with E-state index in [0.29, 0.717) is 26.8 Å². The highest BCUT2D eigenvalue weighted by molar-refractivity contribution is 8.26. The van der Waals surface area contributed by atoms with Gasteiger partial charge in [0, 0.05) is 6.07 Å². The molecule has 1 amide bonds. The molecule has 0 saturated carbocycles. The molecule has 2 N–H and O–H groups in total. The van der Waals surface area contributed by atoms with Crippen molar-refractivity contribution < 1.29 is 14.8 Å². The minimum Gasteiger partial charge on any atom is -0.502 e. The lowest BCUT2D eigenvalue weighted by Crippen LogP contribution is -2.17. The molecule has 2 aromatic rings. The normalized spacial score (nSPS) is 15.4. The number of nitro groups is 1. The molecule has 0 aromatic heterocycles. The van der Waals surface area contributed by atoms with Gasteiger partial charge < -0.3 is 10.4 Å². The van der Waals surface area contributed by atoms with Gasteiger partial charge in [0.2, 0.25) is 0 Å². The summed E-state index contributed by atoms with van der Waals surface area (Å²) >= 11 is 6.08. The zero-order valence-electron chi connectivity index (χ0n) is 12.8. The van der Waals surface area contributed by atoms with Gasteiger partial charge in [-0.05, 0) is 35.3 Å². The molecule has 8 heteroatoms. The molecule has 1 heterocycles. The Balaban J connectivity index is 2.08. The van der Waals surface area contributed by atoms with E-state index < -0.39 is 10.7 Å². The number of thioether (sulfide) groups is 1. The van der Waals surface area contributed by atoms with Gasteiger partial charge in [-0.2, -0.15) is 0 Å². The van der Waals surface area contributed by atoms with Gasteiger partial charge in [-0.25, -0.2) is 0 Å². The molecule has 1 aliphatic rings. The lowest BCUT2D eigenvalue weighted by Gasteiger charge is -2.09. The first-order chi connectivity index (χ1) is 11.9. The van der Waals surface area contributed by atoms with Crippen LogP contribution in [0.5, 0.6) is 5.75 Å². The fraction of sp³-hybridized carbons (Fsp3) is 0.0588. The molecule has 126 valence electrons. The summed E-state index contributed by atoms with van der Waals surface area (Å²) < 4.78 is 0.354. The fourth-order valence-electron chi connectivity index (χ4n) is 2.45. The Labute approximate surface area is 152 Å². The van der Waals surface area contributed by atoms with Crippen LogP contribution in [0, 0.1) is 10.1 Å². The SMILES string of the molecule is O=C1NC(=S)S/C1=C/c1cc(O)c([N+](=O)[O-])cc1Cc1ccccc1. The number of carbonyl (C=O) groups excluding carboxylic acids is 1. The van der Waals surface area contributed by atoms with E-state index in [-0.39, 0.29) is 11.6 Å². The van der Waals surface area contributed by atoms with E-state index in [1.165, 1.54) is 12.1 Å². The van der Waals surface area contributed by atoms with Crippen LogP contribution < -0.4 is 5.32 Å². The monoisotopic (exact) mass is 372 g/mol. The van der Waals surface area contributed by atoms with Gasteiger partial charge in [-0.1, -0.05) is 54.3 Å². The molecular weight excluding hydrogens is 360 g/mol. The first-order valence-corrected chi connectivity index (χ1v) is 8.45. The van der Waals surface area contributed by atoms with Crippen molar-refractivity contribution in [2.24, 2.45) is 0 Å². The molecule has 1 saturated heterocycles. The average Bonchev–Trinajstić information content (AvgIpc) is 2.88. The first kappa shape index (κ1) is 17.1. The van der Waals surface area contributed by atoms with Crippen LogP contribution in [0.4, 0.5) is 5.69 Å². The molecule has 1 aliphatic heterocycles. The zero-order valence-corrected chi connectivity index (χ0v) is 14.4. The van der Waals surface area contributed by atoms with Crippen LogP contribution in [-0.4, -0.2) is 20.3 Å². The van der Waals surface area contributed by atoms with Crippen molar-refractivity contribution in [1.82, 2.24) is 5.32 Å². The molecule has 0 atom stereocenters. The summed E-state index contributed by atoms with van der Waals surface area (Å²) in [6.45, 7) is 0. The Kier molecular flexibility index (Phi) is 4.82. The van der Waals surface area contributed by atoms with Crippen LogP contribution in [0.1, 0.15) is 16.7 Å². The third kappa shape index (κ3) is 3.86. The number of nitro benzene ring substituents is 1. The number of amides is 1. The number of nitrogens with one attached hydrogen (secondary N) is 1. The summed E-state index contributed by atoms with van der Waals surface area (Å²) in [6.07, 6.45) is 2.01. The molecule has 0 unspecified atom stereocenters. The Morgan fingerprint density at radius 3 is 2.60 bits per heavy atom. The lowest BCUT2D eigenvalue weighted by atomic mass is 9.98. The van der Waals surface area contributed by atoms with Crippen LogP contribution in [-0.2, 0) is 11.2 Å². The van der Waals surface area contributed by atoms with Gasteiger partial charge in [0.15, 0.2) is 5.75 Å². The fourth-order valence-corrected chi connectivity index (χ4v) is 3.48. The van der Waals surface area contributed by atoms with Crippen molar-refractivity contribution in [2.45, 2.75) is 6.42 Å². The Hall–Kier alpha value is -2.71. The lowest BCUT2D eigenvalue weighted by molar-refractivity contribution is -0.385. The number of benzene rings is 2. The van der Waals surface area contributed by atoms with Crippen molar-refractivity contribution in [2.75, 3.05) is 0 Å².